The fourth-order valence-electron chi connectivity index (χ4n) is 2.61. The highest BCUT2D eigenvalue weighted by Gasteiger charge is 2.04. The summed E-state index contributed by atoms with van der Waals surface area (Å²) in [6.45, 7) is 7.93. The van der Waals surface area contributed by atoms with Crippen LogP contribution in [0.15, 0.2) is 48.5 Å². The van der Waals surface area contributed by atoms with Gasteiger partial charge in [-0.25, -0.2) is 0 Å². The van der Waals surface area contributed by atoms with Crippen LogP contribution in [0.4, 0.5) is 0 Å². The van der Waals surface area contributed by atoms with Crippen LogP contribution in [0.2, 0.25) is 0 Å². The molecule has 0 aliphatic heterocycles. The van der Waals surface area contributed by atoms with E-state index in [-0.39, 0.29) is 0 Å². The first kappa shape index (κ1) is 19.6. The molecule has 0 fully saturated rings. The first-order valence-corrected chi connectivity index (χ1v) is 8.91. The smallest absolute Gasteiger partial charge is 0.119 e. The molecule has 0 bridgehead atoms. The normalized spacial score (nSPS) is 11.3. The highest BCUT2D eigenvalue weighted by atomic mass is 16.5. The fourth-order valence-corrected chi connectivity index (χ4v) is 2.61. The van der Waals surface area contributed by atoms with E-state index in [9.17, 15) is 5.26 Å². The third kappa shape index (κ3) is 5.65. The molecule has 4 heteroatoms. The van der Waals surface area contributed by atoms with E-state index in [2.05, 4.69) is 24.8 Å². The Balaban J connectivity index is 2.02. The minimum atomic E-state index is 0.616. The van der Waals surface area contributed by atoms with Crippen molar-refractivity contribution in [3.8, 4) is 17.6 Å². The standard InChI is InChI=1S/C22H26N2O2/c1-4-24(5-2)14-15-26-22-12-8-19(9-13-22)20(17-23)16-18-6-10-21(25-3)11-7-18/h6-13,16H,4-5,14-15H2,1-3H3/b20-16+. The second-order valence-corrected chi connectivity index (χ2v) is 5.84. The summed E-state index contributed by atoms with van der Waals surface area (Å²) in [6.07, 6.45) is 1.87. The molecular formula is C22H26N2O2. The second-order valence-electron chi connectivity index (χ2n) is 5.84. The van der Waals surface area contributed by atoms with Crippen LogP contribution in [0.3, 0.4) is 0 Å². The molecule has 0 aromatic heterocycles. The number of likely N-dealkylation sites (N-methyl/N-ethyl adjacent to an activating group) is 1. The third-order valence-corrected chi connectivity index (χ3v) is 4.28. The lowest BCUT2D eigenvalue weighted by Crippen LogP contribution is -2.27. The summed E-state index contributed by atoms with van der Waals surface area (Å²) in [5.74, 6) is 1.62. The predicted molar refractivity (Wildman–Crippen MR) is 106 cm³/mol. The molecule has 0 spiro atoms. The minimum absolute atomic E-state index is 0.616. The predicted octanol–water partition coefficient (Wildman–Crippen LogP) is 4.48. The van der Waals surface area contributed by atoms with E-state index in [1.165, 1.54) is 0 Å². The van der Waals surface area contributed by atoms with E-state index < -0.39 is 0 Å². The number of ether oxygens (including phenoxy) is 2. The highest BCUT2D eigenvalue weighted by molar-refractivity contribution is 5.89. The molecule has 0 saturated heterocycles. The van der Waals surface area contributed by atoms with Crippen molar-refractivity contribution in [2.75, 3.05) is 33.4 Å². The van der Waals surface area contributed by atoms with Gasteiger partial charge < -0.3 is 14.4 Å². The molecular weight excluding hydrogens is 324 g/mol. The maximum Gasteiger partial charge on any atom is 0.119 e. The molecule has 2 aromatic carbocycles. The van der Waals surface area contributed by atoms with Crippen molar-refractivity contribution < 1.29 is 9.47 Å². The molecule has 4 nitrogen and oxygen atoms in total. The van der Waals surface area contributed by atoms with Crippen LogP contribution < -0.4 is 9.47 Å². The second kappa shape index (κ2) is 10.3. The quantitative estimate of drug-likeness (QED) is 0.494. The number of nitrogens with zero attached hydrogens (tertiary/aromatic N) is 2. The Bertz CT molecular complexity index is 739. The summed E-state index contributed by atoms with van der Waals surface area (Å²) in [5, 5.41) is 9.49. The maximum absolute atomic E-state index is 9.49. The lowest BCUT2D eigenvalue weighted by molar-refractivity contribution is 0.223. The average Bonchev–Trinajstić information content (AvgIpc) is 2.70. The molecule has 0 radical (unpaired) electrons. The Morgan fingerprint density at radius 2 is 1.62 bits per heavy atom. The average molecular weight is 350 g/mol. The monoisotopic (exact) mass is 350 g/mol. The van der Waals surface area contributed by atoms with E-state index >= 15 is 0 Å². The van der Waals surface area contributed by atoms with Gasteiger partial charge in [0, 0.05) is 6.54 Å². The van der Waals surface area contributed by atoms with Gasteiger partial charge in [-0.1, -0.05) is 26.0 Å². The zero-order valence-electron chi connectivity index (χ0n) is 15.7. The molecule has 0 N–H and O–H groups in total. The first-order chi connectivity index (χ1) is 12.7. The van der Waals surface area contributed by atoms with Crippen LogP contribution in [-0.4, -0.2) is 38.3 Å². The van der Waals surface area contributed by atoms with Gasteiger partial charge in [-0.3, -0.25) is 0 Å². The number of hydrogen-bond donors (Lipinski definition) is 0. The number of benzene rings is 2. The number of methoxy groups -OCH3 is 1. The van der Waals surface area contributed by atoms with Gasteiger partial charge in [-0.2, -0.15) is 5.26 Å². The Kier molecular flexibility index (Phi) is 7.73. The van der Waals surface area contributed by atoms with Crippen LogP contribution in [0.1, 0.15) is 25.0 Å². The number of allylic oxidation sites excluding steroid dienone is 1. The van der Waals surface area contributed by atoms with E-state index in [1.54, 1.807) is 7.11 Å². The van der Waals surface area contributed by atoms with E-state index in [0.29, 0.717) is 12.2 Å². The van der Waals surface area contributed by atoms with Gasteiger partial charge in [-0.05, 0) is 66.7 Å². The molecule has 0 unspecified atom stereocenters. The molecule has 0 aliphatic rings. The van der Waals surface area contributed by atoms with Crippen molar-refractivity contribution in [3.05, 3.63) is 59.7 Å². The summed E-state index contributed by atoms with van der Waals surface area (Å²) in [6, 6.07) is 17.6. The van der Waals surface area contributed by atoms with Crippen molar-refractivity contribution >= 4 is 11.6 Å². The molecule has 0 aliphatic carbocycles. The van der Waals surface area contributed by atoms with Gasteiger partial charge in [0.15, 0.2) is 0 Å². The fraction of sp³-hybridized carbons (Fsp3) is 0.318. The van der Waals surface area contributed by atoms with Gasteiger partial charge in [0.1, 0.15) is 18.1 Å². The van der Waals surface area contributed by atoms with Crippen LogP contribution in [0.25, 0.3) is 11.6 Å². The van der Waals surface area contributed by atoms with Gasteiger partial charge >= 0.3 is 0 Å². The van der Waals surface area contributed by atoms with Crippen LogP contribution in [0.5, 0.6) is 11.5 Å². The summed E-state index contributed by atoms with van der Waals surface area (Å²) >= 11 is 0. The van der Waals surface area contributed by atoms with Crippen molar-refractivity contribution in [3.63, 3.8) is 0 Å². The zero-order chi connectivity index (χ0) is 18.8. The van der Waals surface area contributed by atoms with Gasteiger partial charge in [0.2, 0.25) is 0 Å². The topological polar surface area (TPSA) is 45.5 Å². The van der Waals surface area contributed by atoms with Crippen LogP contribution in [0, 0.1) is 11.3 Å². The molecule has 0 amide bonds. The largest absolute Gasteiger partial charge is 0.497 e. The Labute approximate surface area is 156 Å². The maximum atomic E-state index is 9.49. The van der Waals surface area contributed by atoms with Crippen LogP contribution >= 0.6 is 0 Å². The molecule has 0 heterocycles. The Morgan fingerprint density at radius 3 is 2.15 bits per heavy atom. The molecule has 2 aromatic rings. The van der Waals surface area contributed by atoms with Crippen LogP contribution in [-0.2, 0) is 0 Å². The molecule has 0 atom stereocenters. The molecule has 2 rings (SSSR count). The lowest BCUT2D eigenvalue weighted by atomic mass is 10.0. The Morgan fingerprint density at radius 1 is 1.00 bits per heavy atom. The van der Waals surface area contributed by atoms with Gasteiger partial charge in [0.05, 0.1) is 18.8 Å². The number of hydrogen-bond acceptors (Lipinski definition) is 4. The van der Waals surface area contributed by atoms with Crippen molar-refractivity contribution in [2.24, 2.45) is 0 Å². The van der Waals surface area contributed by atoms with E-state index in [0.717, 1.165) is 42.3 Å². The van der Waals surface area contributed by atoms with E-state index in [4.69, 9.17) is 9.47 Å². The highest BCUT2D eigenvalue weighted by Crippen LogP contribution is 2.22. The van der Waals surface area contributed by atoms with Crippen molar-refractivity contribution in [1.82, 2.24) is 4.90 Å². The minimum Gasteiger partial charge on any atom is -0.497 e. The third-order valence-electron chi connectivity index (χ3n) is 4.28. The lowest BCUT2D eigenvalue weighted by Gasteiger charge is -2.18. The summed E-state index contributed by atoms with van der Waals surface area (Å²) in [4.78, 5) is 2.32. The molecule has 26 heavy (non-hydrogen) atoms. The zero-order valence-corrected chi connectivity index (χ0v) is 15.7. The summed E-state index contributed by atoms with van der Waals surface area (Å²) in [7, 11) is 1.64. The summed E-state index contributed by atoms with van der Waals surface area (Å²) in [5.41, 5.74) is 2.45. The Hall–Kier alpha value is -2.77. The van der Waals surface area contributed by atoms with E-state index in [1.807, 2.05) is 54.6 Å². The number of rotatable bonds is 9. The first-order valence-electron chi connectivity index (χ1n) is 8.91. The van der Waals surface area contributed by atoms with Crippen molar-refractivity contribution in [1.29, 1.82) is 5.26 Å². The van der Waals surface area contributed by atoms with Gasteiger partial charge in [-0.15, -0.1) is 0 Å². The summed E-state index contributed by atoms with van der Waals surface area (Å²) < 4.78 is 11.0. The molecule has 136 valence electrons. The van der Waals surface area contributed by atoms with Crippen molar-refractivity contribution in [2.45, 2.75) is 13.8 Å². The number of nitriles is 1. The molecule has 0 saturated carbocycles. The van der Waals surface area contributed by atoms with Gasteiger partial charge in [0.25, 0.3) is 0 Å². The SMILES string of the molecule is CCN(CC)CCOc1ccc(/C(C#N)=C/c2ccc(OC)cc2)cc1.